The molecular weight excluding hydrogens is 388 g/mol. The average molecular weight is 431 g/mol. The fourth-order valence-electron chi connectivity index (χ4n) is 5.73. The Hall–Kier alpha value is -1.20. The standard InChI is InChI=1S/C27H42O4/c1-7-26(5,30)17-31-25(3,4)24-13-12-22-19(9-8-14-27(22,24)6)10-11-20-15-21(28)16-23(29)18(20)2/h10-11,13,21-23,28-30H,2,7-9,12,14-17H2,1,3-6H3/b19-10+,20-11-/t21-,22+,23+,26?,27+/m1/s1. The van der Waals surface area contributed by atoms with Crippen molar-refractivity contribution in [1.82, 2.24) is 0 Å². The summed E-state index contributed by atoms with van der Waals surface area (Å²) in [4.78, 5) is 0. The van der Waals surface area contributed by atoms with Crippen molar-refractivity contribution in [2.24, 2.45) is 11.3 Å². The number of hydrogen-bond acceptors (Lipinski definition) is 4. The molecule has 31 heavy (non-hydrogen) atoms. The van der Waals surface area contributed by atoms with Crippen LogP contribution in [0.2, 0.25) is 0 Å². The summed E-state index contributed by atoms with van der Waals surface area (Å²) in [5, 5.41) is 30.6. The molecule has 4 nitrogen and oxygen atoms in total. The van der Waals surface area contributed by atoms with Crippen molar-refractivity contribution >= 4 is 0 Å². The highest BCUT2D eigenvalue weighted by Crippen LogP contribution is 2.57. The van der Waals surface area contributed by atoms with Gasteiger partial charge in [-0.2, -0.15) is 0 Å². The Kier molecular flexibility index (Phi) is 7.08. The number of aliphatic hydroxyl groups is 3. The lowest BCUT2D eigenvalue weighted by atomic mass is 9.62. The Balaban J connectivity index is 1.79. The monoisotopic (exact) mass is 430 g/mol. The van der Waals surface area contributed by atoms with E-state index in [9.17, 15) is 15.3 Å². The van der Waals surface area contributed by atoms with E-state index in [1.54, 1.807) is 0 Å². The largest absolute Gasteiger partial charge is 0.393 e. The van der Waals surface area contributed by atoms with Crippen LogP contribution in [0.5, 0.6) is 0 Å². The van der Waals surface area contributed by atoms with Gasteiger partial charge in [0.2, 0.25) is 0 Å². The summed E-state index contributed by atoms with van der Waals surface area (Å²) in [7, 11) is 0. The molecule has 2 fully saturated rings. The van der Waals surface area contributed by atoms with Crippen molar-refractivity contribution in [3.8, 4) is 0 Å². The molecule has 5 atom stereocenters. The van der Waals surface area contributed by atoms with E-state index in [0.717, 1.165) is 36.8 Å². The summed E-state index contributed by atoms with van der Waals surface area (Å²) in [6, 6.07) is 0. The average Bonchev–Trinajstić information content (AvgIpc) is 3.06. The number of hydrogen-bond donors (Lipinski definition) is 3. The van der Waals surface area contributed by atoms with Crippen molar-refractivity contribution < 1.29 is 20.1 Å². The van der Waals surface area contributed by atoms with E-state index < -0.39 is 23.4 Å². The Morgan fingerprint density at radius 3 is 2.65 bits per heavy atom. The Morgan fingerprint density at radius 1 is 1.26 bits per heavy atom. The molecule has 0 aromatic carbocycles. The molecule has 0 radical (unpaired) electrons. The maximum Gasteiger partial charge on any atom is 0.0850 e. The molecular formula is C27H42O4. The van der Waals surface area contributed by atoms with Crippen LogP contribution in [0.4, 0.5) is 0 Å². The zero-order chi connectivity index (χ0) is 23.0. The van der Waals surface area contributed by atoms with Gasteiger partial charge in [-0.25, -0.2) is 0 Å². The SMILES string of the molecule is C=C1/C(=C\C=C2/CCC[C@]3(C)C(C(C)(C)OCC(C)(O)CC)=CC[C@@H]23)C[C@@H](O)C[C@@H]1O. The maximum absolute atomic E-state index is 10.4. The molecule has 0 amide bonds. The first kappa shape index (κ1) is 24.4. The predicted molar refractivity (Wildman–Crippen MR) is 126 cm³/mol. The molecule has 0 bridgehead atoms. The van der Waals surface area contributed by atoms with Gasteiger partial charge in [-0.05, 0) is 87.3 Å². The van der Waals surface area contributed by atoms with E-state index in [0.29, 0.717) is 31.8 Å². The van der Waals surface area contributed by atoms with E-state index in [-0.39, 0.29) is 5.41 Å². The van der Waals surface area contributed by atoms with E-state index >= 15 is 0 Å². The second-order valence-electron chi connectivity index (χ2n) is 10.9. The van der Waals surface area contributed by atoms with Crippen LogP contribution in [0, 0.1) is 11.3 Å². The van der Waals surface area contributed by atoms with Crippen molar-refractivity contribution in [3.05, 3.63) is 47.1 Å². The summed E-state index contributed by atoms with van der Waals surface area (Å²) < 4.78 is 6.29. The predicted octanol–water partition coefficient (Wildman–Crippen LogP) is 5.00. The third-order valence-electron chi connectivity index (χ3n) is 7.97. The van der Waals surface area contributed by atoms with Gasteiger partial charge < -0.3 is 20.1 Å². The minimum Gasteiger partial charge on any atom is -0.393 e. The van der Waals surface area contributed by atoms with Gasteiger partial charge in [-0.1, -0.05) is 44.2 Å². The second kappa shape index (κ2) is 8.97. The van der Waals surface area contributed by atoms with Crippen molar-refractivity contribution in [2.75, 3.05) is 6.61 Å². The molecule has 2 saturated carbocycles. The molecule has 0 aliphatic heterocycles. The zero-order valence-electron chi connectivity index (χ0n) is 20.1. The highest BCUT2D eigenvalue weighted by molar-refractivity contribution is 5.41. The van der Waals surface area contributed by atoms with Gasteiger partial charge in [0.15, 0.2) is 0 Å². The third kappa shape index (κ3) is 5.08. The van der Waals surface area contributed by atoms with Crippen LogP contribution in [0.3, 0.4) is 0 Å². The van der Waals surface area contributed by atoms with E-state index in [4.69, 9.17) is 4.74 Å². The number of rotatable bonds is 6. The second-order valence-corrected chi connectivity index (χ2v) is 10.9. The summed E-state index contributed by atoms with van der Waals surface area (Å²) in [5.74, 6) is 0.439. The maximum atomic E-state index is 10.4. The molecule has 1 unspecified atom stereocenters. The molecule has 3 rings (SSSR count). The summed E-state index contributed by atoms with van der Waals surface area (Å²) in [6.07, 6.45) is 11.5. The minimum atomic E-state index is -0.807. The van der Waals surface area contributed by atoms with Crippen LogP contribution in [-0.2, 0) is 4.74 Å². The summed E-state index contributed by atoms with van der Waals surface area (Å²) in [6.45, 7) is 14.8. The van der Waals surface area contributed by atoms with Gasteiger partial charge >= 0.3 is 0 Å². The molecule has 0 heterocycles. The molecule has 3 aliphatic rings. The van der Waals surface area contributed by atoms with E-state index in [2.05, 4.69) is 45.6 Å². The fraction of sp³-hybridized carbons (Fsp3) is 0.704. The normalized spacial score (nSPS) is 36.5. The first-order chi connectivity index (χ1) is 14.4. The molecule has 174 valence electrons. The van der Waals surface area contributed by atoms with Crippen molar-refractivity contribution in [1.29, 1.82) is 0 Å². The smallest absolute Gasteiger partial charge is 0.0850 e. The third-order valence-corrected chi connectivity index (χ3v) is 7.97. The lowest BCUT2D eigenvalue weighted by molar-refractivity contribution is -0.0918. The van der Waals surface area contributed by atoms with E-state index in [1.165, 1.54) is 11.1 Å². The lowest BCUT2D eigenvalue weighted by Gasteiger charge is -2.46. The molecule has 0 aromatic rings. The summed E-state index contributed by atoms with van der Waals surface area (Å²) in [5.41, 5.74) is 3.31. The number of fused-ring (bicyclic) bond motifs is 1. The first-order valence-corrected chi connectivity index (χ1v) is 11.9. The minimum absolute atomic E-state index is 0.0484. The number of aliphatic hydroxyl groups excluding tert-OH is 2. The molecule has 0 spiro atoms. The van der Waals surface area contributed by atoms with Gasteiger partial charge in [0.1, 0.15) is 0 Å². The Bertz CT molecular complexity index is 785. The van der Waals surface area contributed by atoms with Crippen molar-refractivity contribution in [3.63, 3.8) is 0 Å². The molecule has 4 heteroatoms. The Morgan fingerprint density at radius 2 is 1.97 bits per heavy atom. The van der Waals surface area contributed by atoms with Crippen LogP contribution < -0.4 is 0 Å². The van der Waals surface area contributed by atoms with E-state index in [1.807, 2.05) is 13.8 Å². The molecule has 3 N–H and O–H groups in total. The van der Waals surface area contributed by atoms with Gasteiger partial charge in [0, 0.05) is 6.42 Å². The zero-order valence-corrected chi connectivity index (χ0v) is 20.1. The van der Waals surface area contributed by atoms with Crippen LogP contribution in [0.1, 0.15) is 79.6 Å². The topological polar surface area (TPSA) is 69.9 Å². The first-order valence-electron chi connectivity index (χ1n) is 11.9. The van der Waals surface area contributed by atoms with Gasteiger partial charge in [-0.3, -0.25) is 0 Å². The van der Waals surface area contributed by atoms with Crippen LogP contribution in [0.25, 0.3) is 0 Å². The number of allylic oxidation sites excluding steroid dienone is 4. The number of ether oxygens (including phenoxy) is 1. The lowest BCUT2D eigenvalue weighted by Crippen LogP contribution is -2.43. The highest BCUT2D eigenvalue weighted by Gasteiger charge is 2.49. The highest BCUT2D eigenvalue weighted by atomic mass is 16.5. The molecule has 3 aliphatic carbocycles. The van der Waals surface area contributed by atoms with Crippen LogP contribution in [-0.4, -0.2) is 45.3 Å². The summed E-state index contributed by atoms with van der Waals surface area (Å²) >= 11 is 0. The fourth-order valence-corrected chi connectivity index (χ4v) is 5.73. The van der Waals surface area contributed by atoms with Crippen LogP contribution in [0.15, 0.2) is 47.1 Å². The Labute approximate surface area is 188 Å². The van der Waals surface area contributed by atoms with Gasteiger partial charge in [0.25, 0.3) is 0 Å². The quantitative estimate of drug-likeness (QED) is 0.519. The van der Waals surface area contributed by atoms with Crippen molar-refractivity contribution in [2.45, 2.75) is 103 Å². The molecule has 0 saturated heterocycles. The van der Waals surface area contributed by atoms with Gasteiger partial charge in [0.05, 0.1) is 30.0 Å². The van der Waals surface area contributed by atoms with Gasteiger partial charge in [-0.15, -0.1) is 0 Å². The molecule has 0 aromatic heterocycles. The van der Waals surface area contributed by atoms with Crippen LogP contribution >= 0.6 is 0 Å².